The van der Waals surface area contributed by atoms with Crippen molar-refractivity contribution in [3.05, 3.63) is 80.7 Å². The zero-order valence-electron chi connectivity index (χ0n) is 14.5. The van der Waals surface area contributed by atoms with Gasteiger partial charge in [0.15, 0.2) is 0 Å². The minimum atomic E-state index is -0.0773. The van der Waals surface area contributed by atoms with Crippen LogP contribution in [0.15, 0.2) is 65.4 Å². The minimum Gasteiger partial charge on any atom is -0.343 e. The topological polar surface area (TPSA) is 32.3 Å². The predicted octanol–water partition coefficient (Wildman–Crippen LogP) is 4.85. The van der Waals surface area contributed by atoms with E-state index >= 15 is 0 Å². The van der Waals surface area contributed by atoms with Crippen LogP contribution in [-0.4, -0.2) is 23.9 Å². The van der Waals surface area contributed by atoms with E-state index in [4.69, 9.17) is 0 Å². The smallest absolute Gasteiger partial charge is 0.234 e. The SMILES string of the molecule is O=C(CN1CCC[C@@H]1c1cccs1)N[C@@H](c1ccccc1)c1cccs1. The Hall–Kier alpha value is -1.95. The molecule has 2 atom stereocenters. The van der Waals surface area contributed by atoms with Crippen molar-refractivity contribution >= 4 is 28.6 Å². The second-order valence-corrected chi connectivity index (χ2v) is 8.53. The number of amides is 1. The van der Waals surface area contributed by atoms with E-state index in [1.165, 1.54) is 9.75 Å². The summed E-state index contributed by atoms with van der Waals surface area (Å²) in [5.41, 5.74) is 1.12. The van der Waals surface area contributed by atoms with Crippen LogP contribution in [0.1, 0.15) is 40.2 Å². The van der Waals surface area contributed by atoms with Gasteiger partial charge in [-0.25, -0.2) is 0 Å². The quantitative estimate of drug-likeness (QED) is 0.661. The molecule has 3 nitrogen and oxygen atoms in total. The first-order valence-corrected chi connectivity index (χ1v) is 10.7. The molecule has 134 valence electrons. The first-order chi connectivity index (χ1) is 12.8. The van der Waals surface area contributed by atoms with Crippen LogP contribution in [0, 0.1) is 0 Å². The highest BCUT2D eigenvalue weighted by molar-refractivity contribution is 7.10. The molecule has 0 radical (unpaired) electrons. The monoisotopic (exact) mass is 382 g/mol. The second-order valence-electron chi connectivity index (χ2n) is 6.57. The number of hydrogen-bond donors (Lipinski definition) is 1. The molecule has 5 heteroatoms. The Morgan fingerprint density at radius 2 is 1.88 bits per heavy atom. The number of rotatable bonds is 6. The minimum absolute atomic E-state index is 0.0773. The fraction of sp³-hybridized carbons (Fsp3) is 0.286. The van der Waals surface area contributed by atoms with Gasteiger partial charge in [0.1, 0.15) is 0 Å². The van der Waals surface area contributed by atoms with Crippen molar-refractivity contribution in [1.82, 2.24) is 10.2 Å². The van der Waals surface area contributed by atoms with Crippen molar-refractivity contribution in [3.63, 3.8) is 0 Å². The molecule has 0 spiro atoms. The van der Waals surface area contributed by atoms with Gasteiger partial charge >= 0.3 is 0 Å². The van der Waals surface area contributed by atoms with E-state index in [0.29, 0.717) is 12.6 Å². The fourth-order valence-corrected chi connectivity index (χ4v) is 5.33. The van der Waals surface area contributed by atoms with Gasteiger partial charge in [-0.2, -0.15) is 0 Å². The Morgan fingerprint density at radius 3 is 2.62 bits per heavy atom. The van der Waals surface area contributed by atoms with E-state index < -0.39 is 0 Å². The number of carbonyl (C=O) groups is 1. The average Bonchev–Trinajstić information content (AvgIpc) is 3.41. The van der Waals surface area contributed by atoms with Crippen molar-refractivity contribution in [2.75, 3.05) is 13.1 Å². The Bertz CT molecular complexity index is 815. The summed E-state index contributed by atoms with van der Waals surface area (Å²) in [6.45, 7) is 1.45. The Kier molecular flexibility index (Phi) is 5.48. The summed E-state index contributed by atoms with van der Waals surface area (Å²) in [4.78, 5) is 17.7. The summed E-state index contributed by atoms with van der Waals surface area (Å²) in [6, 6.07) is 18.9. The third kappa shape index (κ3) is 3.90. The highest BCUT2D eigenvalue weighted by Gasteiger charge is 2.29. The molecule has 0 unspecified atom stereocenters. The van der Waals surface area contributed by atoms with E-state index in [1.54, 1.807) is 22.7 Å². The second kappa shape index (κ2) is 8.16. The van der Waals surface area contributed by atoms with E-state index in [1.807, 2.05) is 24.3 Å². The molecule has 1 fully saturated rings. The van der Waals surface area contributed by atoms with Crippen molar-refractivity contribution in [2.45, 2.75) is 24.9 Å². The molecule has 0 aliphatic carbocycles. The molecular formula is C21H22N2OS2. The summed E-state index contributed by atoms with van der Waals surface area (Å²) < 4.78 is 0. The third-order valence-electron chi connectivity index (χ3n) is 4.85. The predicted molar refractivity (Wildman–Crippen MR) is 109 cm³/mol. The Labute approximate surface area is 162 Å². The lowest BCUT2D eigenvalue weighted by molar-refractivity contribution is -0.123. The van der Waals surface area contributed by atoms with E-state index in [0.717, 1.165) is 24.9 Å². The lowest BCUT2D eigenvalue weighted by atomic mass is 10.1. The molecule has 0 bridgehead atoms. The molecule has 3 aromatic rings. The largest absolute Gasteiger partial charge is 0.343 e. The molecule has 1 N–H and O–H groups in total. The van der Waals surface area contributed by atoms with Crippen LogP contribution >= 0.6 is 22.7 Å². The van der Waals surface area contributed by atoms with Gasteiger partial charge in [-0.15, -0.1) is 22.7 Å². The summed E-state index contributed by atoms with van der Waals surface area (Å²) >= 11 is 3.47. The van der Waals surface area contributed by atoms with E-state index in [-0.39, 0.29) is 11.9 Å². The highest BCUT2D eigenvalue weighted by Crippen LogP contribution is 2.34. The van der Waals surface area contributed by atoms with Gasteiger partial charge in [-0.1, -0.05) is 42.5 Å². The van der Waals surface area contributed by atoms with Crippen LogP contribution in [0.4, 0.5) is 0 Å². The average molecular weight is 383 g/mol. The molecular weight excluding hydrogens is 360 g/mol. The number of benzene rings is 1. The maximum atomic E-state index is 12.8. The molecule has 0 saturated carbocycles. The lowest BCUT2D eigenvalue weighted by Gasteiger charge is -2.25. The fourth-order valence-electron chi connectivity index (χ4n) is 3.63. The molecule has 2 aromatic heterocycles. The first kappa shape index (κ1) is 17.5. The normalized spacial score (nSPS) is 18.7. The van der Waals surface area contributed by atoms with Gasteiger partial charge < -0.3 is 5.32 Å². The molecule has 1 aromatic carbocycles. The molecule has 1 aliphatic heterocycles. The number of thiophene rings is 2. The maximum Gasteiger partial charge on any atom is 0.234 e. The number of nitrogens with zero attached hydrogens (tertiary/aromatic N) is 1. The molecule has 1 amide bonds. The molecule has 3 heterocycles. The van der Waals surface area contributed by atoms with Crippen LogP contribution < -0.4 is 5.32 Å². The molecule has 4 rings (SSSR count). The van der Waals surface area contributed by atoms with Gasteiger partial charge in [0.2, 0.25) is 5.91 Å². The van der Waals surface area contributed by atoms with Crippen LogP contribution in [0.25, 0.3) is 0 Å². The number of carbonyl (C=O) groups excluding carboxylic acids is 1. The number of likely N-dealkylation sites (tertiary alicyclic amines) is 1. The standard InChI is InChI=1S/C21H22N2OS2/c24-20(15-23-12-4-9-17(23)18-10-5-13-25-18)22-21(19-11-6-14-26-19)16-7-2-1-3-8-16/h1-3,5-8,10-11,13-14,17,21H,4,9,12,15H2,(H,22,24)/t17-,21+/m1/s1. The van der Waals surface area contributed by atoms with Gasteiger partial charge in [0, 0.05) is 15.8 Å². The summed E-state index contributed by atoms with van der Waals surface area (Å²) in [5.74, 6) is 0.0932. The van der Waals surface area contributed by atoms with Crippen molar-refractivity contribution in [2.24, 2.45) is 0 Å². The van der Waals surface area contributed by atoms with Crippen molar-refractivity contribution in [3.8, 4) is 0 Å². The first-order valence-electron chi connectivity index (χ1n) is 8.96. The van der Waals surface area contributed by atoms with Crippen molar-refractivity contribution < 1.29 is 4.79 Å². The molecule has 1 aliphatic rings. The summed E-state index contributed by atoms with van der Waals surface area (Å²) in [7, 11) is 0. The number of hydrogen-bond acceptors (Lipinski definition) is 4. The maximum absolute atomic E-state index is 12.8. The summed E-state index contributed by atoms with van der Waals surface area (Å²) in [6.07, 6.45) is 2.30. The molecule has 26 heavy (non-hydrogen) atoms. The van der Waals surface area contributed by atoms with Crippen LogP contribution in [0.5, 0.6) is 0 Å². The molecule has 1 saturated heterocycles. The van der Waals surface area contributed by atoms with Gasteiger partial charge in [-0.3, -0.25) is 9.69 Å². The van der Waals surface area contributed by atoms with E-state index in [2.05, 4.69) is 51.3 Å². The Balaban J connectivity index is 1.47. The summed E-state index contributed by atoms with van der Waals surface area (Å²) in [5, 5.41) is 7.44. The van der Waals surface area contributed by atoms with Crippen LogP contribution in [0.2, 0.25) is 0 Å². The van der Waals surface area contributed by atoms with Crippen LogP contribution in [-0.2, 0) is 4.79 Å². The van der Waals surface area contributed by atoms with Crippen LogP contribution in [0.3, 0.4) is 0 Å². The van der Waals surface area contributed by atoms with E-state index in [9.17, 15) is 4.79 Å². The lowest BCUT2D eigenvalue weighted by Crippen LogP contribution is -2.38. The zero-order valence-corrected chi connectivity index (χ0v) is 16.1. The van der Waals surface area contributed by atoms with Crippen molar-refractivity contribution in [1.29, 1.82) is 0 Å². The van der Waals surface area contributed by atoms with Gasteiger partial charge in [-0.05, 0) is 47.8 Å². The third-order valence-corrected chi connectivity index (χ3v) is 6.76. The van der Waals surface area contributed by atoms with Gasteiger partial charge in [0.25, 0.3) is 0 Å². The van der Waals surface area contributed by atoms with Gasteiger partial charge in [0.05, 0.1) is 12.6 Å². The number of nitrogens with one attached hydrogen (secondary N) is 1. The zero-order chi connectivity index (χ0) is 17.8. The highest BCUT2D eigenvalue weighted by atomic mass is 32.1. The Morgan fingerprint density at radius 1 is 1.08 bits per heavy atom.